The number of anilines is 2. The number of hydrogen-bond donors (Lipinski definition) is 2. The van der Waals surface area contributed by atoms with E-state index < -0.39 is 6.04 Å². The van der Waals surface area contributed by atoms with E-state index in [1.165, 1.54) is 24.3 Å². The zero-order valence-corrected chi connectivity index (χ0v) is 14.3. The number of benzene rings is 3. The number of hydrogen-bond acceptors (Lipinski definition) is 3. The minimum Gasteiger partial charge on any atom is -0.495 e. The average Bonchev–Trinajstić information content (AvgIpc) is 2.68. The molecule has 26 heavy (non-hydrogen) atoms. The third-order valence-electron chi connectivity index (χ3n) is 3.91. The van der Waals surface area contributed by atoms with Crippen LogP contribution in [0.5, 0.6) is 5.75 Å². The second-order valence-corrected chi connectivity index (χ2v) is 5.68. The van der Waals surface area contributed by atoms with Crippen molar-refractivity contribution in [1.82, 2.24) is 0 Å². The molecule has 0 saturated heterocycles. The van der Waals surface area contributed by atoms with Crippen molar-refractivity contribution in [2.45, 2.75) is 6.04 Å². The molecular formula is C21H19FN2O2. The van der Waals surface area contributed by atoms with Gasteiger partial charge in [0.2, 0.25) is 0 Å². The van der Waals surface area contributed by atoms with E-state index in [1.54, 1.807) is 7.11 Å². The number of carbonyl (C=O) groups is 1. The van der Waals surface area contributed by atoms with E-state index in [2.05, 4.69) is 10.6 Å². The van der Waals surface area contributed by atoms with Gasteiger partial charge in [0.15, 0.2) is 0 Å². The maximum absolute atomic E-state index is 13.1. The Kier molecular flexibility index (Phi) is 5.49. The fourth-order valence-corrected chi connectivity index (χ4v) is 2.61. The molecular weight excluding hydrogens is 331 g/mol. The van der Waals surface area contributed by atoms with Crippen molar-refractivity contribution in [3.8, 4) is 5.75 Å². The number of ether oxygens (including phenoxy) is 1. The molecule has 0 heterocycles. The van der Waals surface area contributed by atoms with Gasteiger partial charge in [-0.05, 0) is 42.0 Å². The second-order valence-electron chi connectivity index (χ2n) is 5.68. The van der Waals surface area contributed by atoms with Gasteiger partial charge in [-0.1, -0.05) is 42.5 Å². The Morgan fingerprint density at radius 1 is 0.923 bits per heavy atom. The van der Waals surface area contributed by atoms with Gasteiger partial charge in [0, 0.05) is 5.69 Å². The highest BCUT2D eigenvalue weighted by molar-refractivity contribution is 5.97. The molecule has 3 aromatic rings. The molecule has 0 radical (unpaired) electrons. The summed E-state index contributed by atoms with van der Waals surface area (Å²) in [4.78, 5) is 12.9. The van der Waals surface area contributed by atoms with Gasteiger partial charge in [-0.2, -0.15) is 0 Å². The minimum atomic E-state index is -0.641. The third kappa shape index (κ3) is 4.19. The van der Waals surface area contributed by atoms with Crippen LogP contribution in [0.1, 0.15) is 11.6 Å². The van der Waals surface area contributed by atoms with Crippen molar-refractivity contribution < 1.29 is 13.9 Å². The van der Waals surface area contributed by atoms with Gasteiger partial charge in [0.1, 0.15) is 17.6 Å². The summed E-state index contributed by atoms with van der Waals surface area (Å²) in [7, 11) is 1.58. The Morgan fingerprint density at radius 3 is 2.27 bits per heavy atom. The molecule has 0 spiro atoms. The van der Waals surface area contributed by atoms with Gasteiger partial charge in [0.05, 0.1) is 12.8 Å². The first-order chi connectivity index (χ1) is 12.7. The van der Waals surface area contributed by atoms with Crippen LogP contribution in [-0.4, -0.2) is 13.0 Å². The van der Waals surface area contributed by atoms with Gasteiger partial charge in [-0.3, -0.25) is 4.79 Å². The van der Waals surface area contributed by atoms with Crippen LogP contribution < -0.4 is 15.4 Å². The number of amides is 1. The largest absolute Gasteiger partial charge is 0.495 e. The zero-order chi connectivity index (χ0) is 18.4. The molecule has 3 aromatic carbocycles. The van der Waals surface area contributed by atoms with Crippen LogP contribution in [0, 0.1) is 5.82 Å². The highest BCUT2D eigenvalue weighted by Crippen LogP contribution is 2.28. The quantitative estimate of drug-likeness (QED) is 0.682. The van der Waals surface area contributed by atoms with E-state index >= 15 is 0 Å². The molecule has 0 unspecified atom stereocenters. The predicted molar refractivity (Wildman–Crippen MR) is 101 cm³/mol. The molecule has 5 heteroatoms. The van der Waals surface area contributed by atoms with Crippen LogP contribution in [0.2, 0.25) is 0 Å². The van der Waals surface area contributed by atoms with E-state index in [1.807, 2.05) is 54.6 Å². The highest BCUT2D eigenvalue weighted by Gasteiger charge is 2.21. The minimum absolute atomic E-state index is 0.256. The number of carbonyl (C=O) groups excluding carboxylic acids is 1. The lowest BCUT2D eigenvalue weighted by atomic mass is 10.1. The van der Waals surface area contributed by atoms with Crippen LogP contribution in [0.3, 0.4) is 0 Å². The lowest BCUT2D eigenvalue weighted by Crippen LogP contribution is -2.27. The van der Waals surface area contributed by atoms with Crippen LogP contribution in [0.15, 0.2) is 78.9 Å². The van der Waals surface area contributed by atoms with Crippen LogP contribution in [-0.2, 0) is 4.79 Å². The van der Waals surface area contributed by atoms with Crippen molar-refractivity contribution in [1.29, 1.82) is 0 Å². The number of rotatable bonds is 6. The maximum Gasteiger partial charge on any atom is 0.251 e. The van der Waals surface area contributed by atoms with E-state index in [0.717, 1.165) is 5.56 Å². The standard InChI is InChI=1S/C21H19FN2O2/c1-26-19-10-6-5-9-18(19)24-20(15-7-3-2-4-8-15)21(25)23-17-13-11-16(22)12-14-17/h2-14,20,24H,1H3,(H,23,25)/t20-/m0/s1. The Bertz CT molecular complexity index is 867. The number of nitrogens with one attached hydrogen (secondary N) is 2. The Balaban J connectivity index is 1.88. The SMILES string of the molecule is COc1ccccc1N[C@H](C(=O)Nc1ccc(F)cc1)c1ccccc1. The molecule has 3 rings (SSSR count). The summed E-state index contributed by atoms with van der Waals surface area (Å²) in [5.74, 6) is 0.0338. The molecule has 0 bridgehead atoms. The van der Waals surface area contributed by atoms with Gasteiger partial charge in [-0.15, -0.1) is 0 Å². The van der Waals surface area contributed by atoms with Gasteiger partial charge < -0.3 is 15.4 Å². The third-order valence-corrected chi connectivity index (χ3v) is 3.91. The van der Waals surface area contributed by atoms with Crippen LogP contribution in [0.4, 0.5) is 15.8 Å². The molecule has 0 saturated carbocycles. The van der Waals surface area contributed by atoms with Crippen molar-refractivity contribution >= 4 is 17.3 Å². The topological polar surface area (TPSA) is 50.4 Å². The first kappa shape index (κ1) is 17.5. The molecule has 132 valence electrons. The lowest BCUT2D eigenvalue weighted by Gasteiger charge is -2.21. The normalized spacial score (nSPS) is 11.5. The number of halogens is 1. The molecule has 2 N–H and O–H groups in total. The Labute approximate surface area is 151 Å². The molecule has 0 aliphatic carbocycles. The van der Waals surface area contributed by atoms with E-state index in [-0.39, 0.29) is 11.7 Å². The van der Waals surface area contributed by atoms with E-state index in [4.69, 9.17) is 4.74 Å². The summed E-state index contributed by atoms with van der Waals surface area (Å²) in [6.07, 6.45) is 0. The Hall–Kier alpha value is -3.34. The highest BCUT2D eigenvalue weighted by atomic mass is 19.1. The number of para-hydroxylation sites is 2. The van der Waals surface area contributed by atoms with Gasteiger partial charge in [0.25, 0.3) is 5.91 Å². The molecule has 0 aliphatic heterocycles. The lowest BCUT2D eigenvalue weighted by molar-refractivity contribution is -0.117. The molecule has 0 aliphatic rings. The van der Waals surface area contributed by atoms with Crippen molar-refractivity contribution in [2.24, 2.45) is 0 Å². The fraction of sp³-hybridized carbons (Fsp3) is 0.0952. The van der Waals surface area contributed by atoms with Gasteiger partial charge >= 0.3 is 0 Å². The van der Waals surface area contributed by atoms with Crippen LogP contribution >= 0.6 is 0 Å². The molecule has 0 aromatic heterocycles. The van der Waals surface area contributed by atoms with Crippen LogP contribution in [0.25, 0.3) is 0 Å². The predicted octanol–water partition coefficient (Wildman–Crippen LogP) is 4.63. The van der Waals surface area contributed by atoms with E-state index in [0.29, 0.717) is 17.1 Å². The van der Waals surface area contributed by atoms with E-state index in [9.17, 15) is 9.18 Å². The summed E-state index contributed by atoms with van der Waals surface area (Å²) >= 11 is 0. The number of methoxy groups -OCH3 is 1. The summed E-state index contributed by atoms with van der Waals surface area (Å²) in [6, 6.07) is 21.8. The summed E-state index contributed by atoms with van der Waals surface area (Å²) in [5.41, 5.74) is 2.04. The molecule has 4 nitrogen and oxygen atoms in total. The smallest absolute Gasteiger partial charge is 0.251 e. The molecule has 1 amide bonds. The zero-order valence-electron chi connectivity index (χ0n) is 14.3. The summed E-state index contributed by atoms with van der Waals surface area (Å²) in [5, 5.41) is 6.05. The fourth-order valence-electron chi connectivity index (χ4n) is 2.61. The van der Waals surface area contributed by atoms with Crippen molar-refractivity contribution in [3.05, 3.63) is 90.2 Å². The van der Waals surface area contributed by atoms with Crippen molar-refractivity contribution in [3.63, 3.8) is 0 Å². The monoisotopic (exact) mass is 350 g/mol. The molecule has 0 fully saturated rings. The maximum atomic E-state index is 13.1. The van der Waals surface area contributed by atoms with Gasteiger partial charge in [-0.25, -0.2) is 4.39 Å². The average molecular weight is 350 g/mol. The second kappa shape index (κ2) is 8.16. The Morgan fingerprint density at radius 2 is 1.58 bits per heavy atom. The summed E-state index contributed by atoms with van der Waals surface area (Å²) in [6.45, 7) is 0. The first-order valence-electron chi connectivity index (χ1n) is 8.18. The summed E-state index contributed by atoms with van der Waals surface area (Å²) < 4.78 is 18.4. The first-order valence-corrected chi connectivity index (χ1v) is 8.18. The molecule has 1 atom stereocenters. The van der Waals surface area contributed by atoms with Crippen molar-refractivity contribution in [2.75, 3.05) is 17.7 Å².